The van der Waals surface area contributed by atoms with Crippen molar-refractivity contribution in [1.82, 2.24) is 20.5 Å². The van der Waals surface area contributed by atoms with Gasteiger partial charge in [0, 0.05) is 29.8 Å². The van der Waals surface area contributed by atoms with Crippen LogP contribution in [0.15, 0.2) is 46.6 Å². The van der Waals surface area contributed by atoms with Gasteiger partial charge in [-0.1, -0.05) is 19.4 Å². The predicted octanol–water partition coefficient (Wildman–Crippen LogP) is 3.36. The van der Waals surface area contributed by atoms with Crippen molar-refractivity contribution in [3.05, 3.63) is 62.7 Å². The number of benzene rings is 1. The molecule has 0 saturated heterocycles. The summed E-state index contributed by atoms with van der Waals surface area (Å²) >= 11 is 1.67. The number of hydrogen-bond donors (Lipinski definition) is 2. The highest BCUT2D eigenvalue weighted by Crippen LogP contribution is 2.18. The molecule has 158 valence electrons. The van der Waals surface area contributed by atoms with Crippen LogP contribution in [-0.2, 0) is 17.6 Å². The van der Waals surface area contributed by atoms with E-state index in [0.717, 1.165) is 30.6 Å². The zero-order chi connectivity index (χ0) is 21.2. The number of nitrogens with one attached hydrogen (secondary N) is 2. The van der Waals surface area contributed by atoms with Crippen LogP contribution in [0.3, 0.4) is 0 Å². The Kier molecular flexibility index (Phi) is 8.14. The van der Waals surface area contributed by atoms with Crippen LogP contribution in [0, 0.1) is 0 Å². The third kappa shape index (κ3) is 6.52. The molecule has 0 aliphatic heterocycles. The van der Waals surface area contributed by atoms with Crippen LogP contribution in [0.5, 0.6) is 5.75 Å². The quantitative estimate of drug-likeness (QED) is 0.458. The van der Waals surface area contributed by atoms with Crippen LogP contribution in [0.25, 0.3) is 11.4 Å². The standard InChI is InChI=1S/C22H26N4O3S/c1-2-3-14-29-17-8-6-16(7-9-17)21-24-22(28)19(25-26-21)10-11-20(27)23-13-12-18-5-4-15-30-18/h4-9,15H,2-3,10-14H2,1H3,(H,23,27)(H,24,26,28). The molecule has 0 aliphatic carbocycles. The number of H-pyrrole nitrogens is 1. The second-order valence-corrected chi connectivity index (χ2v) is 7.89. The summed E-state index contributed by atoms with van der Waals surface area (Å²) in [6.07, 6.45) is 3.34. The van der Waals surface area contributed by atoms with E-state index < -0.39 is 0 Å². The van der Waals surface area contributed by atoms with Crippen LogP contribution >= 0.6 is 11.3 Å². The number of aryl methyl sites for hydroxylation is 1. The number of nitrogens with zero attached hydrogens (tertiary/aromatic N) is 2. The van der Waals surface area contributed by atoms with E-state index in [9.17, 15) is 9.59 Å². The van der Waals surface area contributed by atoms with Crippen molar-refractivity contribution < 1.29 is 9.53 Å². The maximum absolute atomic E-state index is 12.3. The first-order chi connectivity index (χ1) is 14.7. The number of aromatic amines is 1. The normalized spacial score (nSPS) is 10.7. The molecule has 0 aliphatic rings. The highest BCUT2D eigenvalue weighted by molar-refractivity contribution is 7.09. The topological polar surface area (TPSA) is 97.0 Å². The Morgan fingerprint density at radius 3 is 2.70 bits per heavy atom. The minimum atomic E-state index is -0.324. The van der Waals surface area contributed by atoms with Gasteiger partial charge in [0.05, 0.1) is 6.61 Å². The van der Waals surface area contributed by atoms with Gasteiger partial charge in [-0.2, -0.15) is 0 Å². The van der Waals surface area contributed by atoms with Crippen LogP contribution in [0.4, 0.5) is 0 Å². The molecule has 0 unspecified atom stereocenters. The van der Waals surface area contributed by atoms with E-state index in [1.165, 1.54) is 4.88 Å². The van der Waals surface area contributed by atoms with Gasteiger partial charge in [-0.25, -0.2) is 0 Å². The van der Waals surface area contributed by atoms with Gasteiger partial charge >= 0.3 is 0 Å². The molecule has 0 spiro atoms. The molecule has 2 N–H and O–H groups in total. The van der Waals surface area contributed by atoms with Crippen LogP contribution in [-0.4, -0.2) is 34.2 Å². The lowest BCUT2D eigenvalue weighted by molar-refractivity contribution is -0.121. The number of aromatic nitrogens is 3. The third-order valence-electron chi connectivity index (χ3n) is 4.52. The summed E-state index contributed by atoms with van der Waals surface area (Å²) in [5, 5.41) is 13.0. The Morgan fingerprint density at radius 2 is 2.00 bits per heavy atom. The maximum atomic E-state index is 12.3. The second-order valence-electron chi connectivity index (χ2n) is 6.86. The van der Waals surface area contributed by atoms with Gasteiger partial charge in [0.2, 0.25) is 5.91 Å². The number of thiophene rings is 1. The highest BCUT2D eigenvalue weighted by Gasteiger charge is 2.10. The minimum Gasteiger partial charge on any atom is -0.494 e. The molecule has 1 amide bonds. The Hall–Kier alpha value is -3.00. The summed E-state index contributed by atoms with van der Waals surface area (Å²) < 4.78 is 5.64. The number of rotatable bonds is 11. The van der Waals surface area contributed by atoms with Crippen molar-refractivity contribution in [3.8, 4) is 17.1 Å². The van der Waals surface area contributed by atoms with Crippen LogP contribution in [0.2, 0.25) is 0 Å². The first-order valence-corrected chi connectivity index (χ1v) is 11.0. The van der Waals surface area contributed by atoms with Gasteiger partial charge in [-0.15, -0.1) is 21.5 Å². The summed E-state index contributed by atoms with van der Waals surface area (Å²) in [5.74, 6) is 1.07. The van der Waals surface area contributed by atoms with Crippen molar-refractivity contribution >= 4 is 17.2 Å². The van der Waals surface area contributed by atoms with Gasteiger partial charge in [0.25, 0.3) is 5.56 Å². The van der Waals surface area contributed by atoms with E-state index >= 15 is 0 Å². The van der Waals surface area contributed by atoms with E-state index in [-0.39, 0.29) is 30.0 Å². The zero-order valence-electron chi connectivity index (χ0n) is 17.0. The van der Waals surface area contributed by atoms with Gasteiger partial charge in [-0.3, -0.25) is 9.59 Å². The maximum Gasteiger partial charge on any atom is 0.273 e. The fourth-order valence-electron chi connectivity index (χ4n) is 2.80. The summed E-state index contributed by atoms with van der Waals surface area (Å²) in [6.45, 7) is 3.38. The third-order valence-corrected chi connectivity index (χ3v) is 5.46. The molecular weight excluding hydrogens is 400 g/mol. The van der Waals surface area contributed by atoms with Gasteiger partial charge in [-0.05, 0) is 48.6 Å². The molecule has 0 atom stereocenters. The van der Waals surface area contributed by atoms with Crippen molar-refractivity contribution in [2.75, 3.05) is 13.2 Å². The van der Waals surface area contributed by atoms with E-state index in [1.54, 1.807) is 11.3 Å². The molecule has 30 heavy (non-hydrogen) atoms. The van der Waals surface area contributed by atoms with E-state index in [0.29, 0.717) is 19.0 Å². The lowest BCUT2D eigenvalue weighted by Gasteiger charge is -2.07. The molecule has 0 fully saturated rings. The molecule has 7 nitrogen and oxygen atoms in total. The number of hydrogen-bond acceptors (Lipinski definition) is 6. The molecule has 3 rings (SSSR count). The molecule has 0 bridgehead atoms. The Bertz CT molecular complexity index is 984. The Labute approximate surface area is 179 Å². The number of unbranched alkanes of at least 4 members (excludes halogenated alkanes) is 1. The monoisotopic (exact) mass is 426 g/mol. The lowest BCUT2D eigenvalue weighted by atomic mass is 10.2. The fraction of sp³-hybridized carbons (Fsp3) is 0.364. The lowest BCUT2D eigenvalue weighted by Crippen LogP contribution is -2.27. The van der Waals surface area contributed by atoms with Gasteiger partial charge < -0.3 is 15.0 Å². The van der Waals surface area contributed by atoms with Gasteiger partial charge in [0.15, 0.2) is 5.82 Å². The highest BCUT2D eigenvalue weighted by atomic mass is 32.1. The summed E-state index contributed by atoms with van der Waals surface area (Å²) in [6, 6.07) is 11.4. The molecule has 8 heteroatoms. The van der Waals surface area contributed by atoms with Crippen LogP contribution in [0.1, 0.15) is 36.8 Å². The zero-order valence-corrected chi connectivity index (χ0v) is 17.8. The van der Waals surface area contributed by atoms with E-state index in [4.69, 9.17) is 4.74 Å². The van der Waals surface area contributed by atoms with Gasteiger partial charge in [0.1, 0.15) is 11.4 Å². The smallest absolute Gasteiger partial charge is 0.273 e. The summed E-state index contributed by atoms with van der Waals surface area (Å²) in [4.78, 5) is 28.3. The van der Waals surface area contributed by atoms with Crippen molar-refractivity contribution in [3.63, 3.8) is 0 Å². The molecular formula is C22H26N4O3S. The summed E-state index contributed by atoms with van der Waals surface area (Å²) in [5.41, 5.74) is 0.682. The number of ether oxygens (including phenoxy) is 1. The Morgan fingerprint density at radius 1 is 1.17 bits per heavy atom. The fourth-order valence-corrected chi connectivity index (χ4v) is 3.51. The average Bonchev–Trinajstić information content (AvgIpc) is 3.27. The van der Waals surface area contributed by atoms with Crippen LogP contribution < -0.4 is 15.6 Å². The number of carbonyl (C=O) groups excluding carboxylic acids is 1. The number of carbonyl (C=O) groups is 1. The minimum absolute atomic E-state index is 0.101. The van der Waals surface area contributed by atoms with Crippen molar-refractivity contribution in [1.29, 1.82) is 0 Å². The molecule has 3 aromatic rings. The molecule has 2 heterocycles. The SMILES string of the molecule is CCCCOc1ccc(-c2nnc(CCC(=O)NCCc3cccs3)c(=O)[nH]2)cc1. The largest absolute Gasteiger partial charge is 0.494 e. The molecule has 2 aromatic heterocycles. The second kappa shape index (κ2) is 11.3. The molecule has 0 saturated carbocycles. The predicted molar refractivity (Wildman–Crippen MR) is 118 cm³/mol. The van der Waals surface area contributed by atoms with E-state index in [2.05, 4.69) is 27.4 Å². The average molecular weight is 427 g/mol. The number of amides is 1. The van der Waals surface area contributed by atoms with E-state index in [1.807, 2.05) is 41.8 Å². The Balaban J connectivity index is 1.49. The molecule has 1 aromatic carbocycles. The van der Waals surface area contributed by atoms with Crippen molar-refractivity contribution in [2.24, 2.45) is 0 Å². The first-order valence-electron chi connectivity index (χ1n) is 10.1. The van der Waals surface area contributed by atoms with Crippen molar-refractivity contribution in [2.45, 2.75) is 39.0 Å². The first kappa shape index (κ1) is 21.7. The summed E-state index contributed by atoms with van der Waals surface area (Å²) in [7, 11) is 0. The molecule has 0 radical (unpaired) electrons.